The summed E-state index contributed by atoms with van der Waals surface area (Å²) in [5.74, 6) is 0. The number of anilines is 1. The van der Waals surface area contributed by atoms with Crippen molar-refractivity contribution in [2.24, 2.45) is 0 Å². The van der Waals surface area contributed by atoms with Gasteiger partial charge in [-0.2, -0.15) is 0 Å². The number of halogens is 2. The molecule has 2 aromatic rings. The molecule has 0 atom stereocenters. The maximum Gasteiger partial charge on any atom is 0.0441 e. The molecule has 0 radical (unpaired) electrons. The number of rotatable bonds is 1. The van der Waals surface area contributed by atoms with Crippen molar-refractivity contribution in [1.82, 2.24) is 0 Å². The van der Waals surface area contributed by atoms with E-state index in [1.165, 1.54) is 11.1 Å². The zero-order valence-electron chi connectivity index (χ0n) is 9.16. The third-order valence-electron chi connectivity index (χ3n) is 3.05. The summed E-state index contributed by atoms with van der Waals surface area (Å²) in [5, 5.41) is 1.37. The van der Waals surface area contributed by atoms with Crippen LogP contribution in [0.1, 0.15) is 11.1 Å². The second kappa shape index (κ2) is 4.25. The molecule has 0 fully saturated rings. The summed E-state index contributed by atoms with van der Waals surface area (Å²) < 4.78 is 0. The van der Waals surface area contributed by atoms with E-state index in [0.717, 1.165) is 18.8 Å². The predicted molar refractivity (Wildman–Crippen MR) is 72.8 cm³/mol. The summed E-state index contributed by atoms with van der Waals surface area (Å²) in [5.41, 5.74) is 3.84. The van der Waals surface area contributed by atoms with Crippen LogP contribution in [0.3, 0.4) is 0 Å². The van der Waals surface area contributed by atoms with Crippen molar-refractivity contribution >= 4 is 28.9 Å². The Hall–Kier alpha value is -1.18. The average molecular weight is 264 g/mol. The van der Waals surface area contributed by atoms with Crippen molar-refractivity contribution in [3.05, 3.63) is 63.6 Å². The van der Waals surface area contributed by atoms with E-state index in [1.807, 2.05) is 12.1 Å². The molecule has 0 aliphatic carbocycles. The van der Waals surface area contributed by atoms with Gasteiger partial charge in [0.15, 0.2) is 0 Å². The van der Waals surface area contributed by atoms with Gasteiger partial charge in [-0.05, 0) is 29.3 Å². The minimum atomic E-state index is 0.684. The van der Waals surface area contributed by atoms with Crippen LogP contribution < -0.4 is 4.90 Å². The average Bonchev–Trinajstić information content (AvgIpc) is 2.71. The van der Waals surface area contributed by atoms with Gasteiger partial charge >= 0.3 is 0 Å². The molecule has 1 aliphatic rings. The lowest BCUT2D eigenvalue weighted by Gasteiger charge is -2.18. The molecule has 0 spiro atoms. The van der Waals surface area contributed by atoms with E-state index < -0.39 is 0 Å². The van der Waals surface area contributed by atoms with Crippen LogP contribution in [0.2, 0.25) is 10.0 Å². The van der Waals surface area contributed by atoms with E-state index in [2.05, 4.69) is 29.2 Å². The van der Waals surface area contributed by atoms with Crippen LogP contribution in [0.15, 0.2) is 42.5 Å². The largest absolute Gasteiger partial charge is 0.363 e. The fraction of sp³-hybridized carbons (Fsp3) is 0.143. The van der Waals surface area contributed by atoms with Crippen LogP contribution in [0, 0.1) is 0 Å². The third-order valence-corrected chi connectivity index (χ3v) is 3.49. The van der Waals surface area contributed by atoms with E-state index in [4.69, 9.17) is 23.2 Å². The van der Waals surface area contributed by atoms with Crippen molar-refractivity contribution in [1.29, 1.82) is 0 Å². The molecule has 3 rings (SSSR count). The molecule has 2 aromatic carbocycles. The van der Waals surface area contributed by atoms with E-state index >= 15 is 0 Å². The first-order chi connectivity index (χ1) is 8.22. The molecule has 1 nitrogen and oxygen atoms in total. The van der Waals surface area contributed by atoms with Crippen molar-refractivity contribution in [2.45, 2.75) is 13.1 Å². The Kier molecular flexibility index (Phi) is 2.73. The smallest absolute Gasteiger partial charge is 0.0441 e. The number of fused-ring (bicyclic) bond motifs is 1. The van der Waals surface area contributed by atoms with Gasteiger partial charge in [0.05, 0.1) is 0 Å². The quantitative estimate of drug-likeness (QED) is 0.732. The first-order valence-electron chi connectivity index (χ1n) is 5.50. The fourth-order valence-corrected chi connectivity index (χ4v) is 2.75. The van der Waals surface area contributed by atoms with Gasteiger partial charge in [-0.15, -0.1) is 0 Å². The fourth-order valence-electron chi connectivity index (χ4n) is 2.24. The van der Waals surface area contributed by atoms with Gasteiger partial charge in [0.25, 0.3) is 0 Å². The Morgan fingerprint density at radius 3 is 1.88 bits per heavy atom. The highest BCUT2D eigenvalue weighted by atomic mass is 35.5. The molecule has 17 heavy (non-hydrogen) atoms. The van der Waals surface area contributed by atoms with Crippen LogP contribution in [0.4, 0.5) is 5.69 Å². The van der Waals surface area contributed by atoms with Gasteiger partial charge < -0.3 is 4.90 Å². The first kappa shape index (κ1) is 10.9. The molecular weight excluding hydrogens is 253 g/mol. The second-order valence-electron chi connectivity index (χ2n) is 4.25. The van der Waals surface area contributed by atoms with Gasteiger partial charge in [0.2, 0.25) is 0 Å². The molecule has 0 aromatic heterocycles. The molecule has 86 valence electrons. The highest BCUT2D eigenvalue weighted by molar-refractivity contribution is 6.35. The maximum atomic E-state index is 6.03. The lowest BCUT2D eigenvalue weighted by Crippen LogP contribution is -2.14. The highest BCUT2D eigenvalue weighted by Crippen LogP contribution is 2.31. The normalized spacial score (nSPS) is 13.9. The summed E-state index contributed by atoms with van der Waals surface area (Å²) in [7, 11) is 0. The van der Waals surface area contributed by atoms with Gasteiger partial charge in [-0.3, -0.25) is 0 Å². The van der Waals surface area contributed by atoms with Crippen molar-refractivity contribution in [3.8, 4) is 0 Å². The molecule has 0 amide bonds. The Morgan fingerprint density at radius 1 is 0.824 bits per heavy atom. The minimum Gasteiger partial charge on any atom is -0.363 e. The molecular formula is C14H11Cl2N. The molecule has 3 heteroatoms. The standard InChI is InChI=1S/C14H11Cl2N/c15-12-5-13(16)7-14(6-12)17-8-10-3-1-2-4-11(10)9-17/h1-7H,8-9H2. The van der Waals surface area contributed by atoms with Gasteiger partial charge in [-0.25, -0.2) is 0 Å². The van der Waals surface area contributed by atoms with Crippen LogP contribution >= 0.6 is 23.2 Å². The predicted octanol–water partition coefficient (Wildman–Crippen LogP) is 4.51. The Bertz CT molecular complexity index is 521. The van der Waals surface area contributed by atoms with Crippen LogP contribution in [-0.2, 0) is 13.1 Å². The van der Waals surface area contributed by atoms with E-state index in [-0.39, 0.29) is 0 Å². The molecule has 1 aliphatic heterocycles. The summed E-state index contributed by atoms with van der Waals surface area (Å²) in [6.07, 6.45) is 0. The zero-order valence-corrected chi connectivity index (χ0v) is 10.7. The zero-order chi connectivity index (χ0) is 11.8. The second-order valence-corrected chi connectivity index (χ2v) is 5.13. The van der Waals surface area contributed by atoms with E-state index in [0.29, 0.717) is 10.0 Å². The molecule has 0 N–H and O–H groups in total. The molecule has 0 unspecified atom stereocenters. The summed E-state index contributed by atoms with van der Waals surface area (Å²) >= 11 is 12.1. The van der Waals surface area contributed by atoms with Gasteiger partial charge in [-0.1, -0.05) is 47.5 Å². The van der Waals surface area contributed by atoms with Gasteiger partial charge in [0.1, 0.15) is 0 Å². The third kappa shape index (κ3) is 2.13. The number of hydrogen-bond acceptors (Lipinski definition) is 1. The Balaban J connectivity index is 1.93. The van der Waals surface area contributed by atoms with Crippen molar-refractivity contribution in [3.63, 3.8) is 0 Å². The van der Waals surface area contributed by atoms with Gasteiger partial charge in [0, 0.05) is 28.8 Å². The lowest BCUT2D eigenvalue weighted by atomic mass is 10.1. The Labute approximate surface area is 111 Å². The van der Waals surface area contributed by atoms with Crippen molar-refractivity contribution in [2.75, 3.05) is 4.90 Å². The summed E-state index contributed by atoms with van der Waals surface area (Å²) in [6.45, 7) is 1.85. The SMILES string of the molecule is Clc1cc(Cl)cc(N2Cc3ccccc3C2)c1. The first-order valence-corrected chi connectivity index (χ1v) is 6.26. The number of benzene rings is 2. The monoisotopic (exact) mass is 263 g/mol. The van der Waals surface area contributed by atoms with Crippen LogP contribution in [0.5, 0.6) is 0 Å². The number of hydrogen-bond donors (Lipinski definition) is 0. The molecule has 0 bridgehead atoms. The molecule has 0 saturated carbocycles. The summed E-state index contributed by atoms with van der Waals surface area (Å²) in [4.78, 5) is 2.28. The van der Waals surface area contributed by atoms with Crippen LogP contribution in [-0.4, -0.2) is 0 Å². The van der Waals surface area contributed by atoms with Crippen LogP contribution in [0.25, 0.3) is 0 Å². The van der Waals surface area contributed by atoms with E-state index in [9.17, 15) is 0 Å². The van der Waals surface area contributed by atoms with E-state index in [1.54, 1.807) is 6.07 Å². The molecule has 0 saturated heterocycles. The Morgan fingerprint density at radius 2 is 1.35 bits per heavy atom. The topological polar surface area (TPSA) is 3.24 Å². The highest BCUT2D eigenvalue weighted by Gasteiger charge is 2.18. The van der Waals surface area contributed by atoms with Crippen molar-refractivity contribution < 1.29 is 0 Å². The number of nitrogens with zero attached hydrogens (tertiary/aromatic N) is 1. The lowest BCUT2D eigenvalue weighted by molar-refractivity contribution is 0.881. The summed E-state index contributed by atoms with van der Waals surface area (Å²) in [6, 6.07) is 14.2. The minimum absolute atomic E-state index is 0.684. The maximum absolute atomic E-state index is 6.03. The molecule has 1 heterocycles.